The number of rotatable bonds is 4. The molecule has 0 spiro atoms. The van der Waals surface area contributed by atoms with Gasteiger partial charge in [-0.25, -0.2) is 0 Å². The Bertz CT molecular complexity index is 411. The molecule has 2 rings (SSSR count). The van der Waals surface area contributed by atoms with Crippen molar-refractivity contribution < 1.29 is 9.53 Å². The number of amides is 1. The summed E-state index contributed by atoms with van der Waals surface area (Å²) in [5.41, 5.74) is 1.09. The zero-order valence-electron chi connectivity index (χ0n) is 11.6. The van der Waals surface area contributed by atoms with E-state index in [1.54, 1.807) is 7.11 Å². The van der Waals surface area contributed by atoms with Gasteiger partial charge < -0.3 is 15.4 Å². The first kappa shape index (κ1) is 13.9. The summed E-state index contributed by atoms with van der Waals surface area (Å²) in [4.78, 5) is 12.1. The third-order valence-corrected chi connectivity index (χ3v) is 3.60. The largest absolute Gasteiger partial charge is 0.497 e. The molecule has 1 heterocycles. The minimum absolute atomic E-state index is 0.0159. The standard InChI is InChI=1S/C15H22N2O2/c1-11(12-6-8-13(19-2)9-7-12)17-15(18)14-5-3-4-10-16-14/h6-9,11,14,16H,3-5,10H2,1-2H3,(H,17,18)/t11-,14?/m0/s1. The average molecular weight is 262 g/mol. The predicted molar refractivity (Wildman–Crippen MR) is 75.2 cm³/mol. The molecule has 1 aliphatic rings. The molecule has 104 valence electrons. The molecule has 0 radical (unpaired) electrons. The Balaban J connectivity index is 1.91. The molecule has 2 atom stereocenters. The Labute approximate surface area is 114 Å². The molecule has 1 aromatic carbocycles. The maximum absolute atomic E-state index is 12.1. The highest BCUT2D eigenvalue weighted by Gasteiger charge is 2.21. The summed E-state index contributed by atoms with van der Waals surface area (Å²) in [6, 6.07) is 7.78. The molecule has 1 aromatic rings. The van der Waals surface area contributed by atoms with Gasteiger partial charge in [-0.3, -0.25) is 4.79 Å². The molecule has 1 unspecified atom stereocenters. The Kier molecular flexibility index (Phi) is 4.80. The molecule has 1 fully saturated rings. The maximum Gasteiger partial charge on any atom is 0.237 e. The van der Waals surface area contributed by atoms with Crippen LogP contribution in [0.25, 0.3) is 0 Å². The third-order valence-electron chi connectivity index (χ3n) is 3.60. The number of methoxy groups -OCH3 is 1. The summed E-state index contributed by atoms with van der Waals surface area (Å²) < 4.78 is 5.13. The lowest BCUT2D eigenvalue weighted by Gasteiger charge is -2.24. The second kappa shape index (κ2) is 6.57. The first-order chi connectivity index (χ1) is 9.20. The van der Waals surface area contributed by atoms with Crippen LogP contribution in [0.15, 0.2) is 24.3 Å². The van der Waals surface area contributed by atoms with Crippen molar-refractivity contribution in [1.29, 1.82) is 0 Å². The van der Waals surface area contributed by atoms with Crippen LogP contribution in [0, 0.1) is 0 Å². The molecule has 1 saturated heterocycles. The quantitative estimate of drug-likeness (QED) is 0.872. The van der Waals surface area contributed by atoms with E-state index < -0.39 is 0 Å². The van der Waals surface area contributed by atoms with Gasteiger partial charge in [0.1, 0.15) is 5.75 Å². The summed E-state index contributed by atoms with van der Waals surface area (Å²) in [7, 11) is 1.65. The van der Waals surface area contributed by atoms with Gasteiger partial charge in [-0.05, 0) is 44.0 Å². The van der Waals surface area contributed by atoms with Crippen LogP contribution in [0.4, 0.5) is 0 Å². The van der Waals surface area contributed by atoms with Crippen LogP contribution >= 0.6 is 0 Å². The average Bonchev–Trinajstić information content (AvgIpc) is 2.48. The van der Waals surface area contributed by atoms with Crippen LogP contribution in [-0.2, 0) is 4.79 Å². The smallest absolute Gasteiger partial charge is 0.237 e. The first-order valence-electron chi connectivity index (χ1n) is 6.88. The molecule has 0 aromatic heterocycles. The summed E-state index contributed by atoms with van der Waals surface area (Å²) >= 11 is 0. The maximum atomic E-state index is 12.1. The van der Waals surface area contributed by atoms with Gasteiger partial charge in [0, 0.05) is 0 Å². The second-order valence-corrected chi connectivity index (χ2v) is 5.01. The van der Waals surface area contributed by atoms with E-state index in [-0.39, 0.29) is 18.0 Å². The normalized spacial score (nSPS) is 20.6. The van der Waals surface area contributed by atoms with Gasteiger partial charge in [0.05, 0.1) is 19.2 Å². The highest BCUT2D eigenvalue weighted by Crippen LogP contribution is 2.17. The molecular formula is C15H22N2O2. The van der Waals surface area contributed by atoms with E-state index in [0.29, 0.717) is 0 Å². The molecule has 1 aliphatic heterocycles. The third kappa shape index (κ3) is 3.70. The molecule has 4 nitrogen and oxygen atoms in total. The summed E-state index contributed by atoms with van der Waals surface area (Å²) in [5, 5.41) is 6.32. The number of ether oxygens (including phenoxy) is 1. The van der Waals surface area contributed by atoms with E-state index in [2.05, 4.69) is 10.6 Å². The van der Waals surface area contributed by atoms with E-state index >= 15 is 0 Å². The minimum atomic E-state index is -0.0329. The van der Waals surface area contributed by atoms with Gasteiger partial charge in [-0.15, -0.1) is 0 Å². The number of piperidine rings is 1. The fourth-order valence-corrected chi connectivity index (χ4v) is 2.37. The minimum Gasteiger partial charge on any atom is -0.497 e. The lowest BCUT2D eigenvalue weighted by molar-refractivity contribution is -0.124. The van der Waals surface area contributed by atoms with Crippen molar-refractivity contribution in [2.24, 2.45) is 0 Å². The molecular weight excluding hydrogens is 240 g/mol. The highest BCUT2D eigenvalue weighted by atomic mass is 16.5. The van der Waals surface area contributed by atoms with Crippen LogP contribution < -0.4 is 15.4 Å². The van der Waals surface area contributed by atoms with E-state index in [0.717, 1.165) is 37.1 Å². The molecule has 2 N–H and O–H groups in total. The van der Waals surface area contributed by atoms with Crippen molar-refractivity contribution in [2.45, 2.75) is 38.3 Å². The highest BCUT2D eigenvalue weighted by molar-refractivity contribution is 5.82. The van der Waals surface area contributed by atoms with Crippen molar-refractivity contribution in [3.63, 3.8) is 0 Å². The van der Waals surface area contributed by atoms with Crippen LogP contribution in [0.2, 0.25) is 0 Å². The monoisotopic (exact) mass is 262 g/mol. The van der Waals surface area contributed by atoms with Crippen molar-refractivity contribution in [3.05, 3.63) is 29.8 Å². The molecule has 4 heteroatoms. The number of hydrogen-bond donors (Lipinski definition) is 2. The van der Waals surface area contributed by atoms with Crippen LogP contribution in [-0.4, -0.2) is 25.6 Å². The molecule has 1 amide bonds. The lowest BCUT2D eigenvalue weighted by atomic mass is 10.0. The fourth-order valence-electron chi connectivity index (χ4n) is 2.37. The van der Waals surface area contributed by atoms with Crippen molar-refractivity contribution >= 4 is 5.91 Å². The molecule has 0 saturated carbocycles. The fraction of sp³-hybridized carbons (Fsp3) is 0.533. The SMILES string of the molecule is COc1ccc([C@H](C)NC(=O)C2CCCCN2)cc1. The number of hydrogen-bond acceptors (Lipinski definition) is 3. The summed E-state index contributed by atoms with van der Waals surface area (Å²) in [5.74, 6) is 0.930. The van der Waals surface area contributed by atoms with E-state index in [9.17, 15) is 4.79 Å². The Hall–Kier alpha value is -1.55. The van der Waals surface area contributed by atoms with Gasteiger partial charge >= 0.3 is 0 Å². The Morgan fingerprint density at radius 3 is 2.68 bits per heavy atom. The van der Waals surface area contributed by atoms with E-state index in [4.69, 9.17) is 4.74 Å². The zero-order chi connectivity index (χ0) is 13.7. The van der Waals surface area contributed by atoms with Crippen molar-refractivity contribution in [2.75, 3.05) is 13.7 Å². The first-order valence-corrected chi connectivity index (χ1v) is 6.88. The number of carbonyl (C=O) groups excluding carboxylic acids is 1. The Morgan fingerprint density at radius 1 is 1.37 bits per heavy atom. The Morgan fingerprint density at radius 2 is 2.11 bits per heavy atom. The van der Waals surface area contributed by atoms with Crippen LogP contribution in [0.1, 0.15) is 37.8 Å². The van der Waals surface area contributed by atoms with E-state index in [1.807, 2.05) is 31.2 Å². The number of benzene rings is 1. The van der Waals surface area contributed by atoms with Crippen LogP contribution in [0.3, 0.4) is 0 Å². The van der Waals surface area contributed by atoms with Gasteiger partial charge in [-0.2, -0.15) is 0 Å². The molecule has 19 heavy (non-hydrogen) atoms. The van der Waals surface area contributed by atoms with E-state index in [1.165, 1.54) is 0 Å². The predicted octanol–water partition coefficient (Wildman–Crippen LogP) is 2.01. The molecule has 0 aliphatic carbocycles. The van der Waals surface area contributed by atoms with Crippen molar-refractivity contribution in [1.82, 2.24) is 10.6 Å². The van der Waals surface area contributed by atoms with Crippen molar-refractivity contribution in [3.8, 4) is 5.75 Å². The number of nitrogens with one attached hydrogen (secondary N) is 2. The summed E-state index contributed by atoms with van der Waals surface area (Å²) in [6.07, 6.45) is 3.22. The van der Waals surface area contributed by atoms with Gasteiger partial charge in [-0.1, -0.05) is 18.6 Å². The van der Waals surface area contributed by atoms with Gasteiger partial charge in [0.25, 0.3) is 0 Å². The topological polar surface area (TPSA) is 50.4 Å². The second-order valence-electron chi connectivity index (χ2n) is 5.01. The van der Waals surface area contributed by atoms with Gasteiger partial charge in [0.2, 0.25) is 5.91 Å². The zero-order valence-corrected chi connectivity index (χ0v) is 11.6. The molecule has 0 bridgehead atoms. The van der Waals surface area contributed by atoms with Crippen LogP contribution in [0.5, 0.6) is 5.75 Å². The number of carbonyl (C=O) groups is 1. The van der Waals surface area contributed by atoms with Gasteiger partial charge in [0.15, 0.2) is 0 Å². The summed E-state index contributed by atoms with van der Waals surface area (Å²) in [6.45, 7) is 2.94. The lowest BCUT2D eigenvalue weighted by Crippen LogP contribution is -2.47.